The Balaban J connectivity index is 2.88. The fourth-order valence-electron chi connectivity index (χ4n) is 2.19. The molecule has 1 atom stereocenters. The summed E-state index contributed by atoms with van der Waals surface area (Å²) >= 11 is 0. The second kappa shape index (κ2) is 6.95. The molecule has 0 aliphatic rings. The van der Waals surface area contributed by atoms with E-state index in [1.807, 2.05) is 12.1 Å². The van der Waals surface area contributed by atoms with Gasteiger partial charge in [0.25, 0.3) is 0 Å². The molecule has 1 N–H and O–H groups in total. The summed E-state index contributed by atoms with van der Waals surface area (Å²) in [5.41, 5.74) is 1.53. The van der Waals surface area contributed by atoms with Crippen molar-refractivity contribution in [2.75, 3.05) is 13.7 Å². The number of ether oxygens (including phenoxy) is 1. The molecule has 108 valence electrons. The van der Waals surface area contributed by atoms with Gasteiger partial charge in [0, 0.05) is 12.6 Å². The summed E-state index contributed by atoms with van der Waals surface area (Å²) < 4.78 is 5.48. The Morgan fingerprint density at radius 3 is 2.32 bits per heavy atom. The van der Waals surface area contributed by atoms with Gasteiger partial charge >= 0.3 is 0 Å². The highest BCUT2D eigenvalue weighted by Gasteiger charge is 2.29. The second-order valence-corrected chi connectivity index (χ2v) is 6.33. The second-order valence-electron chi connectivity index (χ2n) is 6.33. The largest absolute Gasteiger partial charge is 0.496 e. The molecule has 0 amide bonds. The summed E-state index contributed by atoms with van der Waals surface area (Å²) in [6.45, 7) is 12.4. The zero-order chi connectivity index (χ0) is 14.5. The van der Waals surface area contributed by atoms with Gasteiger partial charge in [-0.2, -0.15) is 0 Å². The van der Waals surface area contributed by atoms with Gasteiger partial charge in [-0.1, -0.05) is 52.8 Å². The van der Waals surface area contributed by atoms with Crippen molar-refractivity contribution in [3.8, 4) is 5.75 Å². The Hall–Kier alpha value is -1.02. The summed E-state index contributed by atoms with van der Waals surface area (Å²) in [7, 11) is 1.75. The third kappa shape index (κ3) is 4.54. The van der Waals surface area contributed by atoms with Crippen LogP contribution in [-0.4, -0.2) is 19.7 Å². The summed E-state index contributed by atoms with van der Waals surface area (Å²) in [5.74, 6) is 1.61. The SMILES string of the molecule is COc1ccccc1CC(C)(CNC(C)C)C(C)C. The fourth-order valence-corrected chi connectivity index (χ4v) is 2.19. The first-order valence-corrected chi connectivity index (χ1v) is 7.24. The van der Waals surface area contributed by atoms with Crippen LogP contribution in [-0.2, 0) is 6.42 Å². The van der Waals surface area contributed by atoms with E-state index >= 15 is 0 Å². The van der Waals surface area contributed by atoms with Crippen LogP contribution in [0.2, 0.25) is 0 Å². The van der Waals surface area contributed by atoms with Crippen molar-refractivity contribution >= 4 is 0 Å². The molecule has 2 heteroatoms. The van der Waals surface area contributed by atoms with Crippen LogP contribution in [0.15, 0.2) is 24.3 Å². The van der Waals surface area contributed by atoms with Gasteiger partial charge in [0.05, 0.1) is 7.11 Å². The lowest BCUT2D eigenvalue weighted by molar-refractivity contribution is 0.200. The molecule has 0 aliphatic carbocycles. The normalized spacial score (nSPS) is 14.7. The van der Waals surface area contributed by atoms with Crippen LogP contribution in [0.5, 0.6) is 5.75 Å². The average Bonchev–Trinajstić information content (AvgIpc) is 2.37. The quantitative estimate of drug-likeness (QED) is 0.805. The minimum Gasteiger partial charge on any atom is -0.496 e. The predicted octanol–water partition coefficient (Wildman–Crippen LogP) is 3.90. The van der Waals surface area contributed by atoms with Gasteiger partial charge in [-0.25, -0.2) is 0 Å². The number of hydrogen-bond donors (Lipinski definition) is 1. The third-order valence-corrected chi connectivity index (χ3v) is 4.09. The molecule has 0 aromatic heterocycles. The van der Waals surface area contributed by atoms with Crippen molar-refractivity contribution in [2.45, 2.75) is 47.1 Å². The van der Waals surface area contributed by atoms with Crippen LogP contribution >= 0.6 is 0 Å². The van der Waals surface area contributed by atoms with E-state index in [4.69, 9.17) is 4.74 Å². The van der Waals surface area contributed by atoms with Crippen LogP contribution < -0.4 is 10.1 Å². The molecule has 1 unspecified atom stereocenters. The molecule has 19 heavy (non-hydrogen) atoms. The fraction of sp³-hybridized carbons (Fsp3) is 0.647. The van der Waals surface area contributed by atoms with Gasteiger partial charge in [0.15, 0.2) is 0 Å². The number of para-hydroxylation sites is 1. The first kappa shape index (κ1) is 16.0. The molecule has 0 heterocycles. The van der Waals surface area contributed by atoms with Crippen molar-refractivity contribution in [1.29, 1.82) is 0 Å². The molecule has 2 nitrogen and oxygen atoms in total. The maximum absolute atomic E-state index is 5.48. The lowest BCUT2D eigenvalue weighted by Crippen LogP contribution is -2.40. The summed E-state index contributed by atoms with van der Waals surface area (Å²) in [6.07, 6.45) is 1.04. The van der Waals surface area contributed by atoms with Gasteiger partial charge in [-0.05, 0) is 29.4 Å². The zero-order valence-corrected chi connectivity index (χ0v) is 13.3. The number of benzene rings is 1. The summed E-state index contributed by atoms with van der Waals surface area (Å²) in [5, 5.41) is 3.58. The summed E-state index contributed by atoms with van der Waals surface area (Å²) in [6, 6.07) is 8.87. The van der Waals surface area contributed by atoms with E-state index < -0.39 is 0 Å². The van der Waals surface area contributed by atoms with Gasteiger partial charge in [-0.3, -0.25) is 0 Å². The van der Waals surface area contributed by atoms with Gasteiger partial charge < -0.3 is 10.1 Å². The highest BCUT2D eigenvalue weighted by atomic mass is 16.5. The van der Waals surface area contributed by atoms with Crippen LogP contribution in [0, 0.1) is 11.3 Å². The molecule has 0 saturated heterocycles. The highest BCUT2D eigenvalue weighted by Crippen LogP contribution is 2.33. The molecule has 0 bridgehead atoms. The van der Waals surface area contributed by atoms with Crippen molar-refractivity contribution in [3.05, 3.63) is 29.8 Å². The monoisotopic (exact) mass is 263 g/mol. The highest BCUT2D eigenvalue weighted by molar-refractivity contribution is 5.34. The van der Waals surface area contributed by atoms with E-state index in [-0.39, 0.29) is 5.41 Å². The van der Waals surface area contributed by atoms with E-state index in [1.54, 1.807) is 7.11 Å². The van der Waals surface area contributed by atoms with E-state index in [1.165, 1.54) is 5.56 Å². The molecular weight excluding hydrogens is 234 g/mol. The van der Waals surface area contributed by atoms with Crippen LogP contribution in [0.3, 0.4) is 0 Å². The average molecular weight is 263 g/mol. The standard InChI is InChI=1S/C17H29NO/c1-13(2)17(5,12-18-14(3)4)11-15-9-7-8-10-16(15)19-6/h7-10,13-14,18H,11-12H2,1-6H3. The van der Waals surface area contributed by atoms with Gasteiger partial charge in [-0.15, -0.1) is 0 Å². The van der Waals surface area contributed by atoms with Gasteiger partial charge in [0.2, 0.25) is 0 Å². The Bertz CT molecular complexity index is 387. The molecule has 0 aliphatic heterocycles. The number of rotatable bonds is 7. The molecule has 1 aromatic carbocycles. The molecule has 1 rings (SSSR count). The van der Waals surface area contributed by atoms with Crippen molar-refractivity contribution in [3.63, 3.8) is 0 Å². The topological polar surface area (TPSA) is 21.3 Å². The molecule has 0 saturated carbocycles. The van der Waals surface area contributed by atoms with Crippen molar-refractivity contribution in [2.24, 2.45) is 11.3 Å². The van der Waals surface area contributed by atoms with Crippen molar-refractivity contribution in [1.82, 2.24) is 5.32 Å². The molecular formula is C17H29NO. The zero-order valence-electron chi connectivity index (χ0n) is 13.3. The first-order valence-electron chi connectivity index (χ1n) is 7.24. The maximum atomic E-state index is 5.48. The third-order valence-electron chi connectivity index (χ3n) is 4.09. The van der Waals surface area contributed by atoms with E-state index in [9.17, 15) is 0 Å². The van der Waals surface area contributed by atoms with E-state index in [2.05, 4.69) is 52.1 Å². The molecule has 0 spiro atoms. The van der Waals surface area contributed by atoms with Crippen LogP contribution in [0.4, 0.5) is 0 Å². The van der Waals surface area contributed by atoms with Crippen LogP contribution in [0.1, 0.15) is 40.2 Å². The molecule has 0 fully saturated rings. The van der Waals surface area contributed by atoms with Crippen molar-refractivity contribution < 1.29 is 4.74 Å². The molecule has 1 aromatic rings. The first-order chi connectivity index (χ1) is 8.89. The minimum atomic E-state index is 0.235. The lowest BCUT2D eigenvalue weighted by atomic mass is 9.74. The molecule has 0 radical (unpaired) electrons. The number of methoxy groups -OCH3 is 1. The smallest absolute Gasteiger partial charge is 0.122 e. The maximum Gasteiger partial charge on any atom is 0.122 e. The summed E-state index contributed by atoms with van der Waals surface area (Å²) in [4.78, 5) is 0. The number of nitrogens with one attached hydrogen (secondary N) is 1. The Morgan fingerprint density at radius 1 is 1.16 bits per heavy atom. The Labute approximate surface area is 118 Å². The van der Waals surface area contributed by atoms with Crippen LogP contribution in [0.25, 0.3) is 0 Å². The number of hydrogen-bond acceptors (Lipinski definition) is 2. The van der Waals surface area contributed by atoms with E-state index in [0.717, 1.165) is 18.7 Å². The van der Waals surface area contributed by atoms with Gasteiger partial charge in [0.1, 0.15) is 5.75 Å². The lowest BCUT2D eigenvalue weighted by Gasteiger charge is -2.35. The Morgan fingerprint density at radius 2 is 1.79 bits per heavy atom. The minimum absolute atomic E-state index is 0.235. The predicted molar refractivity (Wildman–Crippen MR) is 82.8 cm³/mol. The Kier molecular flexibility index (Phi) is 5.86. The van der Waals surface area contributed by atoms with E-state index in [0.29, 0.717) is 12.0 Å².